The van der Waals surface area contributed by atoms with E-state index in [0.717, 1.165) is 5.56 Å². The van der Waals surface area contributed by atoms with E-state index in [4.69, 9.17) is 0 Å². The van der Waals surface area contributed by atoms with Gasteiger partial charge >= 0.3 is 6.61 Å². The number of benzene rings is 2. The highest BCUT2D eigenvalue weighted by molar-refractivity contribution is 5.76. The van der Waals surface area contributed by atoms with Crippen LogP contribution in [-0.2, 0) is 11.3 Å². The molecule has 7 nitrogen and oxygen atoms in total. The first-order valence-corrected chi connectivity index (χ1v) is 8.73. The predicted octanol–water partition coefficient (Wildman–Crippen LogP) is 3.21. The molecule has 0 aliphatic carbocycles. The van der Waals surface area contributed by atoms with Gasteiger partial charge in [-0.2, -0.15) is 13.6 Å². The summed E-state index contributed by atoms with van der Waals surface area (Å²) in [5, 5.41) is 14.8. The van der Waals surface area contributed by atoms with Gasteiger partial charge in [0.05, 0.1) is 6.04 Å². The Balaban J connectivity index is 1.68. The average Bonchev–Trinajstić information content (AvgIpc) is 3.15. The third kappa shape index (κ3) is 4.87. The first-order valence-electron chi connectivity index (χ1n) is 8.73. The summed E-state index contributed by atoms with van der Waals surface area (Å²) in [5.41, 5.74) is 1.27. The molecule has 3 rings (SSSR count). The van der Waals surface area contributed by atoms with E-state index in [2.05, 4.69) is 25.5 Å². The molecule has 1 aromatic heterocycles. The fraction of sp³-hybridized carbons (Fsp3) is 0.263. The number of nitrogens with one attached hydrogen (secondary N) is 1. The van der Waals surface area contributed by atoms with Gasteiger partial charge in [-0.1, -0.05) is 55.5 Å². The van der Waals surface area contributed by atoms with Crippen molar-refractivity contribution in [2.24, 2.45) is 0 Å². The van der Waals surface area contributed by atoms with Gasteiger partial charge in [-0.15, -0.1) is 10.2 Å². The molecule has 0 aliphatic heterocycles. The maximum atomic E-state index is 12.6. The Morgan fingerprint density at radius 3 is 2.57 bits per heavy atom. The first kappa shape index (κ1) is 19.4. The number of carbonyl (C=O) groups is 1. The lowest BCUT2D eigenvalue weighted by atomic mass is 10.0. The van der Waals surface area contributed by atoms with Crippen molar-refractivity contribution in [2.75, 3.05) is 0 Å². The SMILES string of the molecule is CCC(NC(=O)Cn1nnc(-c2ccccc2)n1)c1ccccc1OC(F)F. The van der Waals surface area contributed by atoms with Crippen molar-refractivity contribution in [3.05, 3.63) is 60.2 Å². The van der Waals surface area contributed by atoms with E-state index in [1.54, 1.807) is 18.2 Å². The van der Waals surface area contributed by atoms with E-state index in [9.17, 15) is 13.6 Å². The Labute approximate surface area is 160 Å². The third-order valence-electron chi connectivity index (χ3n) is 4.02. The molecule has 0 radical (unpaired) electrons. The van der Waals surface area contributed by atoms with Crippen LogP contribution in [0.3, 0.4) is 0 Å². The molecule has 1 amide bonds. The van der Waals surface area contributed by atoms with E-state index >= 15 is 0 Å². The van der Waals surface area contributed by atoms with Gasteiger partial charge in [-0.3, -0.25) is 4.79 Å². The zero-order valence-electron chi connectivity index (χ0n) is 15.1. The van der Waals surface area contributed by atoms with Gasteiger partial charge in [-0.05, 0) is 17.7 Å². The smallest absolute Gasteiger partial charge is 0.387 e. The van der Waals surface area contributed by atoms with Crippen LogP contribution in [-0.4, -0.2) is 32.7 Å². The summed E-state index contributed by atoms with van der Waals surface area (Å²) in [6.07, 6.45) is 0.495. The maximum Gasteiger partial charge on any atom is 0.387 e. The van der Waals surface area contributed by atoms with Crippen LogP contribution in [0, 0.1) is 0 Å². The van der Waals surface area contributed by atoms with Crippen molar-refractivity contribution in [3.63, 3.8) is 0 Å². The zero-order valence-corrected chi connectivity index (χ0v) is 15.1. The van der Waals surface area contributed by atoms with Gasteiger partial charge in [0, 0.05) is 11.1 Å². The second kappa shape index (κ2) is 9.03. The van der Waals surface area contributed by atoms with Gasteiger partial charge < -0.3 is 10.1 Å². The topological polar surface area (TPSA) is 81.9 Å². The zero-order chi connectivity index (χ0) is 19.9. The number of nitrogens with zero attached hydrogens (tertiary/aromatic N) is 4. The van der Waals surface area contributed by atoms with E-state index in [-0.39, 0.29) is 18.2 Å². The Morgan fingerprint density at radius 1 is 1.14 bits per heavy atom. The number of ether oxygens (including phenoxy) is 1. The summed E-state index contributed by atoms with van der Waals surface area (Å²) in [4.78, 5) is 13.6. The number of carbonyl (C=O) groups excluding carboxylic acids is 1. The molecule has 146 valence electrons. The van der Waals surface area contributed by atoms with Gasteiger partial charge in [0.1, 0.15) is 12.3 Å². The lowest BCUT2D eigenvalue weighted by molar-refractivity contribution is -0.122. The summed E-state index contributed by atoms with van der Waals surface area (Å²) in [6, 6.07) is 15.2. The van der Waals surface area contributed by atoms with Crippen LogP contribution in [0.4, 0.5) is 8.78 Å². The molecule has 1 heterocycles. The Morgan fingerprint density at radius 2 is 1.86 bits per heavy atom. The fourth-order valence-corrected chi connectivity index (χ4v) is 2.75. The molecular weight excluding hydrogens is 368 g/mol. The van der Waals surface area contributed by atoms with Crippen LogP contribution >= 0.6 is 0 Å². The molecule has 0 saturated heterocycles. The number of aromatic nitrogens is 4. The van der Waals surface area contributed by atoms with Crippen molar-refractivity contribution in [3.8, 4) is 17.1 Å². The second-order valence-electron chi connectivity index (χ2n) is 5.95. The Hall–Kier alpha value is -3.36. The molecule has 0 saturated carbocycles. The Bertz CT molecular complexity index is 917. The average molecular weight is 387 g/mol. The van der Waals surface area contributed by atoms with E-state index < -0.39 is 12.7 Å². The molecule has 9 heteroatoms. The number of amides is 1. The number of rotatable bonds is 8. The van der Waals surface area contributed by atoms with E-state index in [1.807, 2.05) is 37.3 Å². The van der Waals surface area contributed by atoms with Gasteiger partial charge in [0.25, 0.3) is 0 Å². The Kier molecular flexibility index (Phi) is 6.25. The lowest BCUT2D eigenvalue weighted by Crippen LogP contribution is -2.32. The summed E-state index contributed by atoms with van der Waals surface area (Å²) in [6.45, 7) is -1.25. The quantitative estimate of drug-likeness (QED) is 0.642. The van der Waals surface area contributed by atoms with Gasteiger partial charge in [0.15, 0.2) is 0 Å². The minimum absolute atomic E-state index is 0.0369. The van der Waals surface area contributed by atoms with Crippen molar-refractivity contribution in [1.29, 1.82) is 0 Å². The first-order chi connectivity index (χ1) is 13.6. The molecule has 1 atom stereocenters. The van der Waals surface area contributed by atoms with Crippen LogP contribution in [0.15, 0.2) is 54.6 Å². The minimum Gasteiger partial charge on any atom is -0.434 e. The summed E-state index contributed by atoms with van der Waals surface area (Å²) >= 11 is 0. The van der Waals surface area contributed by atoms with Gasteiger partial charge in [-0.25, -0.2) is 0 Å². The summed E-state index contributed by atoms with van der Waals surface area (Å²) in [7, 11) is 0. The van der Waals surface area contributed by atoms with Crippen molar-refractivity contribution in [1.82, 2.24) is 25.5 Å². The van der Waals surface area contributed by atoms with E-state index in [1.165, 1.54) is 10.9 Å². The maximum absolute atomic E-state index is 12.6. The van der Waals surface area contributed by atoms with Crippen LogP contribution in [0.25, 0.3) is 11.4 Å². The van der Waals surface area contributed by atoms with Crippen molar-refractivity contribution >= 4 is 5.91 Å². The number of halogens is 2. The van der Waals surface area contributed by atoms with Gasteiger partial charge in [0.2, 0.25) is 11.7 Å². The highest BCUT2D eigenvalue weighted by Gasteiger charge is 2.19. The number of alkyl halides is 2. The fourth-order valence-electron chi connectivity index (χ4n) is 2.75. The molecule has 3 aromatic rings. The third-order valence-corrected chi connectivity index (χ3v) is 4.02. The molecule has 1 N–H and O–H groups in total. The molecular formula is C19H19F2N5O2. The van der Waals surface area contributed by atoms with Crippen LogP contribution in [0.5, 0.6) is 5.75 Å². The molecule has 0 spiro atoms. The molecule has 0 aliphatic rings. The highest BCUT2D eigenvalue weighted by atomic mass is 19.3. The normalized spacial score (nSPS) is 12.0. The molecule has 0 bridgehead atoms. The van der Waals surface area contributed by atoms with Crippen LogP contribution < -0.4 is 10.1 Å². The standard InChI is InChI=1S/C19H19F2N5O2/c1-2-15(14-10-6-7-11-16(14)28-19(20)21)22-17(27)12-26-24-18(23-25-26)13-8-4-3-5-9-13/h3-11,15,19H,2,12H2,1H3,(H,22,27). The molecule has 1 unspecified atom stereocenters. The van der Waals surface area contributed by atoms with Crippen molar-refractivity contribution in [2.45, 2.75) is 32.5 Å². The monoisotopic (exact) mass is 387 g/mol. The summed E-state index contributed by atoms with van der Waals surface area (Å²) < 4.78 is 29.8. The lowest BCUT2D eigenvalue weighted by Gasteiger charge is -2.20. The van der Waals surface area contributed by atoms with Crippen molar-refractivity contribution < 1.29 is 18.3 Å². The predicted molar refractivity (Wildman–Crippen MR) is 97.5 cm³/mol. The number of hydrogen-bond acceptors (Lipinski definition) is 5. The summed E-state index contributed by atoms with van der Waals surface area (Å²) in [5.74, 6) is 0.0849. The largest absolute Gasteiger partial charge is 0.434 e. The minimum atomic E-state index is -2.94. The number of para-hydroxylation sites is 1. The highest BCUT2D eigenvalue weighted by Crippen LogP contribution is 2.28. The molecule has 2 aromatic carbocycles. The molecule has 0 fully saturated rings. The number of tetrazole rings is 1. The number of hydrogen-bond donors (Lipinski definition) is 1. The van der Waals surface area contributed by atoms with Crippen LogP contribution in [0.2, 0.25) is 0 Å². The molecule has 28 heavy (non-hydrogen) atoms. The van der Waals surface area contributed by atoms with E-state index in [0.29, 0.717) is 17.8 Å². The van der Waals surface area contributed by atoms with Crippen LogP contribution in [0.1, 0.15) is 24.9 Å². The second-order valence-corrected chi connectivity index (χ2v) is 5.95.